The highest BCUT2D eigenvalue weighted by atomic mass is 35.5. The van der Waals surface area contributed by atoms with E-state index in [1.807, 2.05) is 13.8 Å². The number of aliphatic carboxylic acids is 1. The number of carbonyl (C=O) groups excluding carboxylic acids is 4. The molecule has 2 aliphatic heterocycles. The zero-order valence-electron chi connectivity index (χ0n) is 19.6. The van der Waals surface area contributed by atoms with Crippen LogP contribution in [0.25, 0.3) is 0 Å². The number of hydrogen-bond acceptors (Lipinski definition) is 7. The number of Topliss-reactive ketones (excluding diaryl/α,β-unsaturated/α-hetero) is 1. The Morgan fingerprint density at radius 3 is 2.57 bits per heavy atom. The van der Waals surface area contributed by atoms with E-state index >= 15 is 0 Å². The first-order chi connectivity index (χ1) is 16.4. The Kier molecular flexibility index (Phi) is 8.13. The number of likely N-dealkylation sites (N-methyl/N-ethyl adjacent to an activating group) is 1. The van der Waals surface area contributed by atoms with Gasteiger partial charge in [0.15, 0.2) is 0 Å². The lowest BCUT2D eigenvalue weighted by Crippen LogP contribution is -2.72. The van der Waals surface area contributed by atoms with Gasteiger partial charge in [-0.3, -0.25) is 19.2 Å². The number of halogens is 2. The van der Waals surface area contributed by atoms with E-state index in [0.29, 0.717) is 11.4 Å². The molecule has 2 bridgehead atoms. The number of benzene rings is 1. The SMILES string of the molecule is CNC(=O)[C@]12CC(=O)O[B-]([C@@H](CC(=O)CNC(=O)c3cc(Cl)ccc3Cl)CC(C)C)(O1)[OH+]C(=O)C2. The van der Waals surface area contributed by atoms with E-state index in [-0.39, 0.29) is 29.5 Å². The van der Waals surface area contributed by atoms with Crippen molar-refractivity contribution in [2.75, 3.05) is 13.6 Å². The second kappa shape index (κ2) is 10.6. The van der Waals surface area contributed by atoms with Crippen LogP contribution in [0.3, 0.4) is 0 Å². The van der Waals surface area contributed by atoms with Crippen LogP contribution in [0, 0.1) is 5.92 Å². The largest absolute Gasteiger partial charge is 0.718 e. The third-order valence-corrected chi connectivity index (χ3v) is 6.57. The molecule has 10 nitrogen and oxygen atoms in total. The molecule has 35 heavy (non-hydrogen) atoms. The van der Waals surface area contributed by atoms with Crippen molar-refractivity contribution in [1.29, 1.82) is 0 Å². The molecule has 2 amide bonds. The van der Waals surface area contributed by atoms with Gasteiger partial charge in [0.1, 0.15) is 17.8 Å². The highest BCUT2D eigenvalue weighted by Gasteiger charge is 2.64. The third kappa shape index (κ3) is 5.96. The van der Waals surface area contributed by atoms with Gasteiger partial charge in [-0.05, 0) is 36.4 Å². The Hall–Kier alpha value is -2.63. The molecule has 0 saturated carbocycles. The molecule has 0 aromatic heterocycles. The van der Waals surface area contributed by atoms with Crippen molar-refractivity contribution in [1.82, 2.24) is 10.6 Å². The molecule has 3 atom stereocenters. The zero-order valence-corrected chi connectivity index (χ0v) is 21.1. The minimum absolute atomic E-state index is 0.00904. The van der Waals surface area contributed by atoms with E-state index in [1.165, 1.54) is 25.2 Å². The highest BCUT2D eigenvalue weighted by molar-refractivity contribution is 6.66. The Morgan fingerprint density at radius 2 is 1.91 bits per heavy atom. The summed E-state index contributed by atoms with van der Waals surface area (Å²) >= 11 is 12.0. The molecule has 1 aromatic rings. The van der Waals surface area contributed by atoms with E-state index < -0.39 is 60.6 Å². The zero-order chi connectivity index (χ0) is 26.0. The maximum absolute atomic E-state index is 12.9. The molecule has 2 aliphatic rings. The van der Waals surface area contributed by atoms with Gasteiger partial charge in [-0.25, -0.2) is 0 Å². The van der Waals surface area contributed by atoms with Crippen molar-refractivity contribution in [2.45, 2.75) is 50.9 Å². The number of rotatable bonds is 9. The number of hydrogen-bond donors (Lipinski definition) is 2. The molecule has 2 heterocycles. The van der Waals surface area contributed by atoms with Crippen LogP contribution in [0.1, 0.15) is 49.9 Å². The summed E-state index contributed by atoms with van der Waals surface area (Å²) in [5, 5.41) is 5.41. The average Bonchev–Trinajstić information content (AvgIpc) is 2.76. The molecule has 2 saturated heterocycles. The summed E-state index contributed by atoms with van der Waals surface area (Å²) in [6.45, 7) is 0.444. The minimum atomic E-state index is -2.97. The first kappa shape index (κ1) is 27.0. The number of fused-ring (bicyclic) bond motifs is 2. The van der Waals surface area contributed by atoms with Crippen LogP contribution in [-0.4, -0.2) is 60.1 Å². The maximum Gasteiger partial charge on any atom is 0.576 e. The van der Waals surface area contributed by atoms with Crippen LogP contribution in [0.15, 0.2) is 18.2 Å². The summed E-state index contributed by atoms with van der Waals surface area (Å²) in [6, 6.07) is 4.38. The minimum Gasteiger partial charge on any atom is -0.718 e. The highest BCUT2D eigenvalue weighted by Crippen LogP contribution is 2.45. The Balaban J connectivity index is 1.80. The molecule has 1 aromatic carbocycles. The lowest BCUT2D eigenvalue weighted by molar-refractivity contribution is -0.201. The molecule has 13 heteroatoms. The summed E-state index contributed by atoms with van der Waals surface area (Å²) in [5.74, 6) is -3.82. The van der Waals surface area contributed by atoms with Gasteiger partial charge in [0, 0.05) is 16.9 Å². The molecule has 0 aliphatic carbocycles. The topological polar surface area (TPSA) is 141 Å². The predicted octanol–water partition coefficient (Wildman–Crippen LogP) is 1.94. The van der Waals surface area contributed by atoms with E-state index in [0.717, 1.165) is 0 Å². The number of nitrogens with one attached hydrogen (secondary N) is 2. The fraction of sp³-hybridized carbons (Fsp3) is 0.500. The van der Waals surface area contributed by atoms with E-state index in [1.54, 1.807) is 0 Å². The summed E-state index contributed by atoms with van der Waals surface area (Å²) < 4.78 is 15.5. The van der Waals surface area contributed by atoms with E-state index in [4.69, 9.17) is 32.5 Å². The lowest BCUT2D eigenvalue weighted by atomic mass is 9.55. The average molecular weight is 529 g/mol. The van der Waals surface area contributed by atoms with Crippen molar-refractivity contribution in [2.24, 2.45) is 5.92 Å². The Labute approximate surface area is 212 Å². The molecule has 3 rings (SSSR count). The summed E-state index contributed by atoms with van der Waals surface area (Å²) in [6.07, 6.45) is -0.733. The molecule has 1 unspecified atom stereocenters. The summed E-state index contributed by atoms with van der Waals surface area (Å²) in [4.78, 5) is 63.1. The van der Waals surface area contributed by atoms with Gasteiger partial charge < -0.3 is 24.6 Å². The first-order valence-electron chi connectivity index (χ1n) is 11.2. The molecular formula is C22H27BCl2N2O8. The second-order valence-corrected chi connectivity index (χ2v) is 10.1. The van der Waals surface area contributed by atoms with E-state index in [2.05, 4.69) is 15.3 Å². The van der Waals surface area contributed by atoms with Gasteiger partial charge in [-0.1, -0.05) is 43.5 Å². The van der Waals surface area contributed by atoms with Crippen LogP contribution < -0.4 is 10.6 Å². The Morgan fingerprint density at radius 1 is 1.20 bits per heavy atom. The number of ketones is 1. The van der Waals surface area contributed by atoms with Gasteiger partial charge in [-0.2, -0.15) is 0 Å². The predicted molar refractivity (Wildman–Crippen MR) is 128 cm³/mol. The van der Waals surface area contributed by atoms with Gasteiger partial charge in [0.2, 0.25) is 5.91 Å². The van der Waals surface area contributed by atoms with Gasteiger partial charge in [-0.15, -0.1) is 0 Å². The van der Waals surface area contributed by atoms with Crippen LogP contribution in [0.4, 0.5) is 0 Å². The fourth-order valence-corrected chi connectivity index (χ4v) is 4.93. The van der Waals surface area contributed by atoms with Crippen molar-refractivity contribution in [3.8, 4) is 0 Å². The quantitative estimate of drug-likeness (QED) is 0.368. The molecule has 0 spiro atoms. The molecule has 2 fully saturated rings. The number of amides is 2. The Bertz CT molecular complexity index is 1040. The number of carboxylic acids is 1. The lowest BCUT2D eigenvalue weighted by Gasteiger charge is -2.55. The molecule has 190 valence electrons. The van der Waals surface area contributed by atoms with Crippen molar-refractivity contribution >= 4 is 59.5 Å². The van der Waals surface area contributed by atoms with Crippen LogP contribution >= 0.6 is 23.2 Å². The van der Waals surface area contributed by atoms with E-state index in [9.17, 15) is 24.0 Å². The standard InChI is InChI=1S/C22H27BCl2N2O8/c1-12(2)6-13(7-15(28)11-27-20(31)16-8-14(24)4-5-17(16)25)23-33-18(29)9-22(35-23,21(32)26-3)10-19(30)34-23/h4-5,8,12-13,33H,6-7,9-11H2,1-3H3,(H,26,32)(H,27,31)/t13-,22+,23?/m1/s1. The normalized spacial score (nSPS) is 24.3. The van der Waals surface area contributed by atoms with Crippen molar-refractivity contribution in [3.05, 3.63) is 33.8 Å². The maximum atomic E-state index is 12.9. The fourth-order valence-electron chi connectivity index (χ4n) is 4.56. The summed E-state index contributed by atoms with van der Waals surface area (Å²) in [7, 11) is 1.37. The van der Waals surface area contributed by atoms with Crippen LogP contribution in [0.5, 0.6) is 0 Å². The van der Waals surface area contributed by atoms with Gasteiger partial charge in [0.25, 0.3) is 11.9 Å². The van der Waals surface area contributed by atoms with Crippen molar-refractivity contribution < 1.29 is 37.9 Å². The van der Waals surface area contributed by atoms with Gasteiger partial charge in [0.05, 0.1) is 23.6 Å². The van der Waals surface area contributed by atoms with Crippen molar-refractivity contribution in [3.63, 3.8) is 0 Å². The smallest absolute Gasteiger partial charge is 0.576 e. The molecule has 0 radical (unpaired) electrons. The summed E-state index contributed by atoms with van der Waals surface area (Å²) in [5.41, 5.74) is -1.63. The van der Waals surface area contributed by atoms with Gasteiger partial charge >= 0.3 is 12.7 Å². The molecular weight excluding hydrogens is 502 g/mol. The second-order valence-electron chi connectivity index (χ2n) is 9.23. The van der Waals surface area contributed by atoms with Crippen LogP contribution in [0.2, 0.25) is 15.9 Å². The van der Waals surface area contributed by atoms with Crippen LogP contribution in [-0.2, 0) is 28.5 Å². The molecule has 3 N–H and O–H groups in total. The first-order valence-corrected chi connectivity index (χ1v) is 11.9. The third-order valence-electron chi connectivity index (χ3n) is 6.01. The monoisotopic (exact) mass is 528 g/mol. The number of carbonyl (C=O) groups is 5.